The Kier molecular flexibility index (Phi) is 8.02. The predicted molar refractivity (Wildman–Crippen MR) is 140 cm³/mol. The molecule has 2 atom stereocenters. The van der Waals surface area contributed by atoms with Gasteiger partial charge in [0.2, 0.25) is 14.8 Å². The Morgan fingerprint density at radius 3 is 2.36 bits per heavy atom. The van der Waals surface area contributed by atoms with Crippen LogP contribution < -0.4 is 0 Å². The van der Waals surface area contributed by atoms with Crippen LogP contribution in [0, 0.1) is 18.7 Å². The van der Waals surface area contributed by atoms with Crippen molar-refractivity contribution in [3.05, 3.63) is 77.1 Å². The molecular weight excluding hydrogens is 499 g/mol. The molecule has 9 heteroatoms. The zero-order valence-corrected chi connectivity index (χ0v) is 22.3. The van der Waals surface area contributed by atoms with E-state index in [1.54, 1.807) is 56.6 Å². The van der Waals surface area contributed by atoms with Gasteiger partial charge in [-0.25, -0.2) is 12.8 Å². The first-order valence-electron chi connectivity index (χ1n) is 12.0. The smallest absolute Gasteiger partial charge is 0.246 e. The molecule has 1 aliphatic carbocycles. The molecule has 2 aliphatic rings. The highest BCUT2D eigenvalue weighted by Gasteiger charge is 2.42. The van der Waals surface area contributed by atoms with Gasteiger partial charge in [-0.2, -0.15) is 0 Å². The first-order chi connectivity index (χ1) is 17.1. The molecular formula is C27H31FN2O4S2. The summed E-state index contributed by atoms with van der Waals surface area (Å²) in [6.45, 7) is 2.51. The second-order valence-electron chi connectivity index (χ2n) is 9.66. The van der Waals surface area contributed by atoms with E-state index in [2.05, 4.69) is 0 Å². The Morgan fingerprint density at radius 1 is 1.08 bits per heavy atom. The lowest BCUT2D eigenvalue weighted by Crippen LogP contribution is -2.43. The van der Waals surface area contributed by atoms with Crippen LogP contribution in [0.3, 0.4) is 0 Å². The minimum Gasteiger partial charge on any atom is -0.345 e. The number of rotatable bonds is 8. The molecule has 2 unspecified atom stereocenters. The SMILES string of the molecule is Cc1ccc(S(=O)(=O)SC2CCN(C(C(=O)C3CC3)c3ccccc3F)C/C2=C/C(=O)N(C)C)cc1. The number of piperidine rings is 1. The maximum absolute atomic E-state index is 14.8. The fourth-order valence-corrected chi connectivity index (χ4v) is 7.97. The Bertz CT molecular complexity index is 1270. The molecule has 0 spiro atoms. The zero-order valence-electron chi connectivity index (χ0n) is 20.7. The van der Waals surface area contributed by atoms with E-state index in [0.29, 0.717) is 24.1 Å². The first-order valence-corrected chi connectivity index (χ1v) is 14.9. The molecule has 6 nitrogen and oxygen atoms in total. The number of likely N-dealkylation sites (N-methyl/N-ethyl adjacent to an activating group) is 1. The van der Waals surface area contributed by atoms with Crippen molar-refractivity contribution >= 4 is 31.4 Å². The third kappa shape index (κ3) is 6.07. The number of Topliss-reactive ketones (excluding diaryl/α,β-unsaturated/α-hetero) is 1. The van der Waals surface area contributed by atoms with Gasteiger partial charge < -0.3 is 4.90 Å². The van der Waals surface area contributed by atoms with Crippen molar-refractivity contribution < 1.29 is 22.4 Å². The summed E-state index contributed by atoms with van der Waals surface area (Å²) in [7, 11) is 0.412. The monoisotopic (exact) mass is 530 g/mol. The number of hydrogen-bond donors (Lipinski definition) is 0. The van der Waals surface area contributed by atoms with Crippen molar-refractivity contribution in [2.24, 2.45) is 5.92 Å². The van der Waals surface area contributed by atoms with E-state index in [1.165, 1.54) is 17.0 Å². The summed E-state index contributed by atoms with van der Waals surface area (Å²) in [6.07, 6.45) is 3.47. The number of halogens is 1. The van der Waals surface area contributed by atoms with Crippen LogP contribution in [0.4, 0.5) is 4.39 Å². The number of carbonyl (C=O) groups excluding carboxylic acids is 2. The minimum absolute atomic E-state index is 0.0169. The lowest BCUT2D eigenvalue weighted by Gasteiger charge is -2.38. The van der Waals surface area contributed by atoms with Gasteiger partial charge in [-0.3, -0.25) is 14.5 Å². The summed E-state index contributed by atoms with van der Waals surface area (Å²) >= 11 is 0. The molecule has 36 heavy (non-hydrogen) atoms. The van der Waals surface area contributed by atoms with Crippen molar-refractivity contribution in [2.75, 3.05) is 27.2 Å². The van der Waals surface area contributed by atoms with Crippen LogP contribution in [-0.2, 0) is 18.5 Å². The number of carbonyl (C=O) groups is 2. The molecule has 1 aliphatic heterocycles. The van der Waals surface area contributed by atoms with E-state index < -0.39 is 26.0 Å². The van der Waals surface area contributed by atoms with E-state index in [-0.39, 0.29) is 29.0 Å². The Labute approximate surface area is 215 Å². The summed E-state index contributed by atoms with van der Waals surface area (Å²) < 4.78 is 41.2. The summed E-state index contributed by atoms with van der Waals surface area (Å²) in [5, 5.41) is -0.464. The molecule has 2 aromatic rings. The zero-order chi connectivity index (χ0) is 26.0. The number of ketones is 1. The maximum Gasteiger partial charge on any atom is 0.246 e. The summed E-state index contributed by atoms with van der Waals surface area (Å²) in [6, 6.07) is 12.2. The number of hydrogen-bond acceptors (Lipinski definition) is 6. The van der Waals surface area contributed by atoms with E-state index in [4.69, 9.17) is 0 Å². The van der Waals surface area contributed by atoms with Crippen molar-refractivity contribution in [1.29, 1.82) is 0 Å². The third-order valence-electron chi connectivity index (χ3n) is 6.59. The summed E-state index contributed by atoms with van der Waals surface area (Å²) in [5.41, 5.74) is 1.90. The molecule has 0 aromatic heterocycles. The lowest BCUT2D eigenvalue weighted by atomic mass is 9.93. The van der Waals surface area contributed by atoms with Crippen LogP contribution >= 0.6 is 10.8 Å². The minimum atomic E-state index is -3.68. The second kappa shape index (κ2) is 10.9. The van der Waals surface area contributed by atoms with Crippen LogP contribution in [0.15, 0.2) is 65.1 Å². The highest BCUT2D eigenvalue weighted by Crippen LogP contribution is 2.41. The van der Waals surface area contributed by atoms with Gasteiger partial charge in [-0.05, 0) is 60.8 Å². The first kappa shape index (κ1) is 26.6. The average Bonchev–Trinajstić information content (AvgIpc) is 3.67. The molecule has 192 valence electrons. The molecule has 0 N–H and O–H groups in total. The number of aryl methyl sites for hydroxylation is 1. The van der Waals surface area contributed by atoms with E-state index in [1.807, 2.05) is 11.8 Å². The van der Waals surface area contributed by atoms with Crippen LogP contribution in [0.2, 0.25) is 0 Å². The average molecular weight is 531 g/mol. The number of benzene rings is 2. The van der Waals surface area contributed by atoms with Crippen LogP contribution in [0.5, 0.6) is 0 Å². The number of nitrogens with zero attached hydrogens (tertiary/aromatic N) is 2. The Balaban J connectivity index is 1.65. The molecule has 1 amide bonds. The molecule has 1 heterocycles. The van der Waals surface area contributed by atoms with Gasteiger partial charge in [-0.1, -0.05) is 35.9 Å². The van der Waals surface area contributed by atoms with E-state index in [0.717, 1.165) is 29.2 Å². The van der Waals surface area contributed by atoms with Crippen LogP contribution in [0.1, 0.15) is 36.4 Å². The van der Waals surface area contributed by atoms with Gasteiger partial charge in [0, 0.05) is 50.0 Å². The van der Waals surface area contributed by atoms with Crippen molar-refractivity contribution in [1.82, 2.24) is 9.80 Å². The second-order valence-corrected chi connectivity index (χ2v) is 13.7. The third-order valence-corrected chi connectivity index (χ3v) is 10.5. The van der Waals surface area contributed by atoms with Gasteiger partial charge in [0.1, 0.15) is 5.82 Å². The number of likely N-dealkylation sites (tertiary alicyclic amines) is 1. The molecule has 2 fully saturated rings. The summed E-state index contributed by atoms with van der Waals surface area (Å²) in [5.74, 6) is -0.804. The highest BCUT2D eigenvalue weighted by molar-refractivity contribution is 8.72. The Hall–Kier alpha value is -2.49. The predicted octanol–water partition coefficient (Wildman–Crippen LogP) is 4.37. The maximum atomic E-state index is 14.8. The highest BCUT2D eigenvalue weighted by atomic mass is 33.1. The normalized spacial score (nSPS) is 20.8. The quantitative estimate of drug-likeness (QED) is 0.373. The van der Waals surface area contributed by atoms with Crippen molar-refractivity contribution in [2.45, 2.75) is 42.4 Å². The van der Waals surface area contributed by atoms with Crippen molar-refractivity contribution in [3.63, 3.8) is 0 Å². The van der Waals surface area contributed by atoms with Gasteiger partial charge >= 0.3 is 0 Å². The number of amides is 1. The van der Waals surface area contributed by atoms with Gasteiger partial charge in [0.05, 0.1) is 10.9 Å². The Morgan fingerprint density at radius 2 is 1.75 bits per heavy atom. The summed E-state index contributed by atoms with van der Waals surface area (Å²) in [4.78, 5) is 29.5. The molecule has 0 radical (unpaired) electrons. The van der Waals surface area contributed by atoms with Crippen molar-refractivity contribution in [3.8, 4) is 0 Å². The van der Waals surface area contributed by atoms with E-state index >= 15 is 0 Å². The molecule has 2 aromatic carbocycles. The van der Waals surface area contributed by atoms with Gasteiger partial charge in [-0.15, -0.1) is 0 Å². The van der Waals surface area contributed by atoms with E-state index in [9.17, 15) is 22.4 Å². The van der Waals surface area contributed by atoms with Crippen LogP contribution in [0.25, 0.3) is 0 Å². The fourth-order valence-electron chi connectivity index (χ4n) is 4.37. The molecule has 4 rings (SSSR count). The largest absolute Gasteiger partial charge is 0.345 e. The topological polar surface area (TPSA) is 74.8 Å². The van der Waals surface area contributed by atoms with Gasteiger partial charge in [0.25, 0.3) is 0 Å². The lowest BCUT2D eigenvalue weighted by molar-refractivity contribution is -0.126. The van der Waals surface area contributed by atoms with Crippen LogP contribution in [-0.4, -0.2) is 62.3 Å². The molecule has 1 saturated carbocycles. The van der Waals surface area contributed by atoms with Gasteiger partial charge in [0.15, 0.2) is 5.78 Å². The fraction of sp³-hybridized carbons (Fsp3) is 0.407. The standard InChI is InChI=1S/C27H31FN2O4S2/c1-18-8-12-21(13-9-18)36(33,34)35-24-14-15-30(17-20(24)16-25(31)29(2)3)26(27(32)19-10-11-19)22-6-4-5-7-23(22)28/h4-9,12-13,16,19,24,26H,10-11,14-15,17H2,1-3H3/b20-16-. The molecule has 1 saturated heterocycles. The molecule has 0 bridgehead atoms.